The molecule has 0 aromatic carbocycles. The number of allylic oxidation sites excluding steroid dienone is 1. The molecule has 0 spiro atoms. The highest BCUT2D eigenvalue weighted by atomic mass is 16.6. The van der Waals surface area contributed by atoms with E-state index in [0.29, 0.717) is 0 Å². The molecule has 22 heavy (non-hydrogen) atoms. The van der Waals surface area contributed by atoms with Crippen LogP contribution in [0.25, 0.3) is 0 Å². The Morgan fingerprint density at radius 2 is 1.82 bits per heavy atom. The molecule has 2 N–H and O–H groups in total. The Labute approximate surface area is 134 Å². The molecule has 0 bridgehead atoms. The van der Waals surface area contributed by atoms with Gasteiger partial charge in [-0.05, 0) is 53.2 Å². The quantitative estimate of drug-likeness (QED) is 0.643. The SMILES string of the molecule is CC1(C)CC(C)(C)OB(C(C=NC2CCCCCO2)=CN)O1. The number of rotatable bonds is 3. The van der Waals surface area contributed by atoms with E-state index < -0.39 is 7.12 Å². The molecule has 1 atom stereocenters. The van der Waals surface area contributed by atoms with Crippen LogP contribution in [0.2, 0.25) is 0 Å². The van der Waals surface area contributed by atoms with Crippen LogP contribution in [0.3, 0.4) is 0 Å². The van der Waals surface area contributed by atoms with Crippen LogP contribution in [-0.4, -0.2) is 37.4 Å². The molecule has 124 valence electrons. The molecule has 5 nitrogen and oxygen atoms in total. The smallest absolute Gasteiger partial charge is 0.405 e. The lowest BCUT2D eigenvalue weighted by Crippen LogP contribution is -2.52. The molecule has 1 unspecified atom stereocenters. The van der Waals surface area contributed by atoms with Crippen LogP contribution < -0.4 is 5.73 Å². The van der Waals surface area contributed by atoms with Gasteiger partial charge in [0.25, 0.3) is 0 Å². The van der Waals surface area contributed by atoms with Gasteiger partial charge in [0.05, 0.1) is 11.2 Å². The summed E-state index contributed by atoms with van der Waals surface area (Å²) in [6.07, 6.45) is 8.45. The van der Waals surface area contributed by atoms with Gasteiger partial charge in [0.15, 0.2) is 0 Å². The van der Waals surface area contributed by atoms with E-state index >= 15 is 0 Å². The van der Waals surface area contributed by atoms with Gasteiger partial charge >= 0.3 is 7.12 Å². The average molecular weight is 308 g/mol. The first-order valence-electron chi connectivity index (χ1n) is 8.24. The summed E-state index contributed by atoms with van der Waals surface area (Å²) >= 11 is 0. The molecule has 0 amide bonds. The minimum absolute atomic E-state index is 0.0814. The van der Waals surface area contributed by atoms with Crippen molar-refractivity contribution in [2.75, 3.05) is 6.61 Å². The highest BCUT2D eigenvalue weighted by molar-refractivity contribution is 6.59. The second-order valence-corrected chi connectivity index (χ2v) is 7.38. The zero-order valence-electron chi connectivity index (χ0n) is 14.3. The molecule has 2 saturated heterocycles. The normalized spacial score (nSPS) is 29.5. The molecular weight excluding hydrogens is 279 g/mol. The van der Waals surface area contributed by atoms with Crippen molar-refractivity contribution >= 4 is 13.3 Å². The molecule has 2 fully saturated rings. The van der Waals surface area contributed by atoms with E-state index in [0.717, 1.165) is 37.8 Å². The maximum absolute atomic E-state index is 6.02. The molecule has 6 heteroatoms. The van der Waals surface area contributed by atoms with Crippen LogP contribution in [0.15, 0.2) is 16.7 Å². The minimum atomic E-state index is -0.488. The molecule has 2 aliphatic heterocycles. The molecule has 2 heterocycles. The highest BCUT2D eigenvalue weighted by Crippen LogP contribution is 2.34. The Morgan fingerprint density at radius 1 is 1.14 bits per heavy atom. The number of aliphatic imine (C=N–C) groups is 1. The van der Waals surface area contributed by atoms with Crippen molar-refractivity contribution < 1.29 is 14.0 Å². The van der Waals surface area contributed by atoms with Crippen LogP contribution in [0, 0.1) is 0 Å². The van der Waals surface area contributed by atoms with Gasteiger partial charge in [-0.1, -0.05) is 6.42 Å². The molecule has 2 aliphatic rings. The predicted octanol–water partition coefficient (Wildman–Crippen LogP) is 2.84. The Morgan fingerprint density at radius 3 is 2.45 bits per heavy atom. The number of nitrogens with two attached hydrogens (primary N) is 1. The third-order valence-electron chi connectivity index (χ3n) is 3.96. The fourth-order valence-corrected chi connectivity index (χ4v) is 3.22. The van der Waals surface area contributed by atoms with E-state index in [1.54, 1.807) is 6.21 Å². The van der Waals surface area contributed by atoms with Gasteiger partial charge in [-0.15, -0.1) is 0 Å². The average Bonchev–Trinajstić information content (AvgIpc) is 2.64. The monoisotopic (exact) mass is 308 g/mol. The predicted molar refractivity (Wildman–Crippen MR) is 89.7 cm³/mol. The molecule has 0 aromatic heterocycles. The highest BCUT2D eigenvalue weighted by Gasteiger charge is 2.44. The largest absolute Gasteiger partial charge is 0.497 e. The zero-order chi connectivity index (χ0) is 16.2. The molecule has 0 radical (unpaired) electrons. The van der Waals surface area contributed by atoms with Gasteiger partial charge < -0.3 is 19.8 Å². The van der Waals surface area contributed by atoms with E-state index in [2.05, 4.69) is 32.7 Å². The van der Waals surface area contributed by atoms with E-state index in [9.17, 15) is 0 Å². The van der Waals surface area contributed by atoms with Crippen LogP contribution in [0.1, 0.15) is 59.8 Å². The fraction of sp³-hybridized carbons (Fsp3) is 0.812. The van der Waals surface area contributed by atoms with Crippen LogP contribution >= 0.6 is 0 Å². The second kappa shape index (κ2) is 7.15. The Hall–Kier alpha value is -0.845. The van der Waals surface area contributed by atoms with Gasteiger partial charge in [-0.3, -0.25) is 4.99 Å². The number of nitrogens with zero attached hydrogens (tertiary/aromatic N) is 1. The first-order chi connectivity index (χ1) is 10.3. The van der Waals surface area contributed by atoms with Crippen molar-refractivity contribution in [3.63, 3.8) is 0 Å². The Balaban J connectivity index is 2.04. The van der Waals surface area contributed by atoms with E-state index in [1.807, 2.05) is 0 Å². The lowest BCUT2D eigenvalue weighted by Gasteiger charge is -2.44. The molecule has 0 aliphatic carbocycles. The van der Waals surface area contributed by atoms with Crippen molar-refractivity contribution in [2.45, 2.75) is 77.2 Å². The van der Waals surface area contributed by atoms with E-state index in [4.69, 9.17) is 19.8 Å². The summed E-state index contributed by atoms with van der Waals surface area (Å²) in [7, 11) is -0.488. The van der Waals surface area contributed by atoms with Gasteiger partial charge in [0.2, 0.25) is 0 Å². The summed E-state index contributed by atoms with van der Waals surface area (Å²) in [4.78, 5) is 4.53. The van der Waals surface area contributed by atoms with Crippen molar-refractivity contribution in [1.29, 1.82) is 0 Å². The fourth-order valence-electron chi connectivity index (χ4n) is 3.22. The second-order valence-electron chi connectivity index (χ2n) is 7.38. The first-order valence-corrected chi connectivity index (χ1v) is 8.24. The van der Waals surface area contributed by atoms with Gasteiger partial charge in [-0.25, -0.2) is 0 Å². The third kappa shape index (κ3) is 5.11. The van der Waals surface area contributed by atoms with Gasteiger partial charge in [0, 0.05) is 24.7 Å². The standard InChI is InChI=1S/C16H29BN2O3/c1-15(2)12-16(3,4)22-17(21-15)13(10-18)11-19-14-8-6-5-7-9-20-14/h10-11,14H,5-9,12,18H2,1-4H3. The summed E-state index contributed by atoms with van der Waals surface area (Å²) in [5, 5.41) is 0. The first kappa shape index (κ1) is 17.5. The minimum Gasteiger partial charge on any atom is -0.405 e. The summed E-state index contributed by atoms with van der Waals surface area (Å²) in [6.45, 7) is 9.07. The van der Waals surface area contributed by atoms with Crippen LogP contribution in [0.4, 0.5) is 0 Å². The maximum Gasteiger partial charge on any atom is 0.497 e. The lowest BCUT2D eigenvalue weighted by molar-refractivity contribution is -0.0728. The van der Waals surface area contributed by atoms with Gasteiger partial charge in [-0.2, -0.15) is 0 Å². The summed E-state index contributed by atoms with van der Waals surface area (Å²) in [6, 6.07) is 0. The lowest BCUT2D eigenvalue weighted by atomic mass is 9.73. The van der Waals surface area contributed by atoms with Crippen molar-refractivity contribution in [2.24, 2.45) is 10.7 Å². The molecule has 0 aromatic rings. The van der Waals surface area contributed by atoms with Crippen molar-refractivity contribution in [3.8, 4) is 0 Å². The number of hydrogen-bond donors (Lipinski definition) is 1. The summed E-state index contributed by atoms with van der Waals surface area (Å²) < 4.78 is 17.8. The Bertz CT molecular complexity index is 411. The van der Waals surface area contributed by atoms with Crippen molar-refractivity contribution in [1.82, 2.24) is 0 Å². The maximum atomic E-state index is 6.02. The van der Waals surface area contributed by atoms with E-state index in [1.165, 1.54) is 12.6 Å². The van der Waals surface area contributed by atoms with Crippen LogP contribution in [-0.2, 0) is 14.0 Å². The Kier molecular flexibility index (Phi) is 5.69. The molecule has 2 rings (SSSR count). The third-order valence-corrected chi connectivity index (χ3v) is 3.96. The van der Waals surface area contributed by atoms with Crippen LogP contribution in [0.5, 0.6) is 0 Å². The molecular formula is C16H29BN2O3. The topological polar surface area (TPSA) is 66.1 Å². The number of hydrogen-bond acceptors (Lipinski definition) is 5. The number of ether oxygens (including phenoxy) is 1. The molecule has 0 saturated carbocycles. The van der Waals surface area contributed by atoms with E-state index in [-0.39, 0.29) is 17.4 Å². The van der Waals surface area contributed by atoms with Crippen molar-refractivity contribution in [3.05, 3.63) is 11.7 Å². The zero-order valence-corrected chi connectivity index (χ0v) is 14.3. The summed E-state index contributed by atoms with van der Waals surface area (Å²) in [5.41, 5.74) is 6.00. The summed E-state index contributed by atoms with van der Waals surface area (Å²) in [5.74, 6) is 0. The van der Waals surface area contributed by atoms with Gasteiger partial charge in [0.1, 0.15) is 6.23 Å².